The second-order valence-electron chi connectivity index (χ2n) is 1.59. The average Bonchev–Trinajstić information content (AvgIpc) is 1.68. The van der Waals surface area contributed by atoms with E-state index in [4.69, 9.17) is 0 Å². The third-order valence-electron chi connectivity index (χ3n) is 0.895. The van der Waals surface area contributed by atoms with Gasteiger partial charge in [0, 0.05) is 5.37 Å². The van der Waals surface area contributed by atoms with Gasteiger partial charge in [0.05, 0.1) is 0 Å². The van der Waals surface area contributed by atoms with Crippen molar-refractivity contribution in [1.29, 1.82) is 0 Å². The molecule has 2 heteroatoms. The summed E-state index contributed by atoms with van der Waals surface area (Å²) in [4.78, 5) is 0. The van der Waals surface area contributed by atoms with Crippen LogP contribution in [0.1, 0.15) is 19.8 Å². The molecule has 0 aromatic rings. The molecule has 0 rings (SSSR count). The fraction of sp³-hybridized carbons (Fsp3) is 1.00. The van der Waals surface area contributed by atoms with Crippen LogP contribution in [0.15, 0.2) is 0 Å². The van der Waals surface area contributed by atoms with E-state index in [2.05, 4.69) is 24.9 Å². The van der Waals surface area contributed by atoms with Gasteiger partial charge in [0.25, 0.3) is 0 Å². The molecule has 0 saturated carbocycles. The summed E-state index contributed by atoms with van der Waals surface area (Å²) in [6, 6.07) is 0. The van der Waals surface area contributed by atoms with Crippen LogP contribution >= 0.6 is 12.6 Å². The van der Waals surface area contributed by atoms with E-state index in [1.54, 1.807) is 0 Å². The van der Waals surface area contributed by atoms with Crippen LogP contribution in [0, 0.1) is 0 Å². The van der Waals surface area contributed by atoms with Crippen LogP contribution < -0.4 is 5.32 Å². The van der Waals surface area contributed by atoms with Gasteiger partial charge in [-0.05, 0) is 13.5 Å². The molecule has 1 nitrogen and oxygen atoms in total. The molecule has 0 radical (unpaired) electrons. The molecular weight excluding hydrogens is 106 g/mol. The third-order valence-corrected chi connectivity index (χ3v) is 1.41. The van der Waals surface area contributed by atoms with Crippen LogP contribution in [-0.2, 0) is 0 Å². The molecule has 0 bridgehead atoms. The lowest BCUT2D eigenvalue weighted by molar-refractivity contribution is 0.669. The molecule has 44 valence electrons. The van der Waals surface area contributed by atoms with Crippen molar-refractivity contribution in [3.05, 3.63) is 0 Å². The average molecular weight is 119 g/mol. The molecule has 7 heavy (non-hydrogen) atoms. The Kier molecular flexibility index (Phi) is 4.67. The van der Waals surface area contributed by atoms with Crippen LogP contribution in [0.25, 0.3) is 0 Å². The van der Waals surface area contributed by atoms with Crippen LogP contribution in [0.3, 0.4) is 0 Å². The molecule has 0 aliphatic rings. The molecule has 0 fully saturated rings. The van der Waals surface area contributed by atoms with Crippen molar-refractivity contribution in [3.8, 4) is 0 Å². The highest BCUT2D eigenvalue weighted by Gasteiger charge is 1.92. The Labute approximate surface area is 50.9 Å². The molecule has 0 saturated heterocycles. The lowest BCUT2D eigenvalue weighted by Gasteiger charge is -2.04. The maximum absolute atomic E-state index is 4.20. The van der Waals surface area contributed by atoms with E-state index in [0.29, 0.717) is 5.37 Å². The number of hydrogen-bond acceptors (Lipinski definition) is 2. The molecule has 1 unspecified atom stereocenters. The van der Waals surface area contributed by atoms with Gasteiger partial charge in [0.15, 0.2) is 0 Å². The summed E-state index contributed by atoms with van der Waals surface area (Å²) in [5.74, 6) is 0. The second kappa shape index (κ2) is 4.47. The zero-order chi connectivity index (χ0) is 5.70. The summed E-state index contributed by atoms with van der Waals surface area (Å²) in [6.45, 7) is 2.15. The zero-order valence-corrected chi connectivity index (χ0v) is 5.83. The van der Waals surface area contributed by atoms with Crippen molar-refractivity contribution in [2.75, 3.05) is 7.05 Å². The molecular formula is C5H13NS. The van der Waals surface area contributed by atoms with Gasteiger partial charge in [-0.3, -0.25) is 0 Å². The van der Waals surface area contributed by atoms with Crippen molar-refractivity contribution >= 4 is 12.6 Å². The smallest absolute Gasteiger partial charge is 0.0499 e. The summed E-state index contributed by atoms with van der Waals surface area (Å²) in [7, 11) is 1.92. The first kappa shape index (κ1) is 7.31. The standard InChI is InChI=1S/C5H13NS/c1-3-4-5(7)6-2/h5-7H,3-4H2,1-2H3. The minimum atomic E-state index is 0.394. The first-order valence-electron chi connectivity index (χ1n) is 2.66. The van der Waals surface area contributed by atoms with Gasteiger partial charge in [-0.1, -0.05) is 13.3 Å². The fourth-order valence-corrected chi connectivity index (χ4v) is 0.676. The first-order chi connectivity index (χ1) is 3.31. The highest BCUT2D eigenvalue weighted by Crippen LogP contribution is 1.97. The van der Waals surface area contributed by atoms with E-state index in [-0.39, 0.29) is 0 Å². The molecule has 0 aromatic carbocycles. The van der Waals surface area contributed by atoms with Gasteiger partial charge in [0.1, 0.15) is 0 Å². The Morgan fingerprint density at radius 3 is 2.43 bits per heavy atom. The minimum Gasteiger partial charge on any atom is -0.309 e. The molecule has 0 aliphatic heterocycles. The number of hydrogen-bond donors (Lipinski definition) is 2. The molecule has 1 N–H and O–H groups in total. The maximum atomic E-state index is 4.20. The number of rotatable bonds is 3. The van der Waals surface area contributed by atoms with Crippen LogP contribution in [0.4, 0.5) is 0 Å². The molecule has 0 heterocycles. The molecule has 0 aromatic heterocycles. The predicted octanol–water partition coefficient (Wildman–Crippen LogP) is 1.26. The largest absolute Gasteiger partial charge is 0.309 e. The summed E-state index contributed by atoms with van der Waals surface area (Å²) < 4.78 is 0. The van der Waals surface area contributed by atoms with Crippen LogP contribution in [0.2, 0.25) is 0 Å². The van der Waals surface area contributed by atoms with Crippen molar-refractivity contribution < 1.29 is 0 Å². The monoisotopic (exact) mass is 119 g/mol. The minimum absolute atomic E-state index is 0.394. The van der Waals surface area contributed by atoms with Crippen molar-refractivity contribution in [3.63, 3.8) is 0 Å². The van der Waals surface area contributed by atoms with Crippen LogP contribution in [0.5, 0.6) is 0 Å². The molecule has 1 atom stereocenters. The highest BCUT2D eigenvalue weighted by atomic mass is 32.1. The highest BCUT2D eigenvalue weighted by molar-refractivity contribution is 7.80. The quantitative estimate of drug-likeness (QED) is 0.421. The summed E-state index contributed by atoms with van der Waals surface area (Å²) in [6.07, 6.45) is 2.36. The SMILES string of the molecule is CCCC(S)NC. The predicted molar refractivity (Wildman–Crippen MR) is 36.7 cm³/mol. The third kappa shape index (κ3) is 4.16. The summed E-state index contributed by atoms with van der Waals surface area (Å²) in [5, 5.41) is 3.42. The normalized spacial score (nSPS) is 14.1. The lowest BCUT2D eigenvalue weighted by Crippen LogP contribution is -2.17. The maximum Gasteiger partial charge on any atom is 0.0499 e. The summed E-state index contributed by atoms with van der Waals surface area (Å²) >= 11 is 4.20. The Bertz CT molecular complexity index is 39.1. The second-order valence-corrected chi connectivity index (χ2v) is 2.22. The van der Waals surface area contributed by atoms with E-state index in [1.165, 1.54) is 6.42 Å². The van der Waals surface area contributed by atoms with Gasteiger partial charge in [-0.15, -0.1) is 0 Å². The van der Waals surface area contributed by atoms with Gasteiger partial charge in [0.2, 0.25) is 0 Å². The zero-order valence-electron chi connectivity index (χ0n) is 4.94. The van der Waals surface area contributed by atoms with Gasteiger partial charge in [-0.25, -0.2) is 0 Å². The molecule has 0 aliphatic carbocycles. The van der Waals surface area contributed by atoms with E-state index in [9.17, 15) is 0 Å². The number of thiol groups is 1. The van der Waals surface area contributed by atoms with E-state index < -0.39 is 0 Å². The van der Waals surface area contributed by atoms with Gasteiger partial charge >= 0.3 is 0 Å². The van der Waals surface area contributed by atoms with E-state index >= 15 is 0 Å². The fourth-order valence-electron chi connectivity index (χ4n) is 0.418. The van der Waals surface area contributed by atoms with Crippen LogP contribution in [-0.4, -0.2) is 12.4 Å². The van der Waals surface area contributed by atoms with E-state index in [0.717, 1.165) is 6.42 Å². The topological polar surface area (TPSA) is 12.0 Å². The van der Waals surface area contributed by atoms with Crippen molar-refractivity contribution in [1.82, 2.24) is 5.32 Å². The van der Waals surface area contributed by atoms with Gasteiger partial charge in [-0.2, -0.15) is 12.6 Å². The Morgan fingerprint density at radius 1 is 1.71 bits per heavy atom. The molecule has 0 amide bonds. The lowest BCUT2D eigenvalue weighted by atomic mass is 10.3. The van der Waals surface area contributed by atoms with Crippen molar-refractivity contribution in [2.45, 2.75) is 25.1 Å². The Morgan fingerprint density at radius 2 is 2.29 bits per heavy atom. The number of nitrogens with one attached hydrogen (secondary N) is 1. The molecule has 0 spiro atoms. The van der Waals surface area contributed by atoms with Gasteiger partial charge < -0.3 is 5.32 Å². The van der Waals surface area contributed by atoms with E-state index in [1.807, 2.05) is 7.05 Å². The van der Waals surface area contributed by atoms with Crippen molar-refractivity contribution in [2.24, 2.45) is 0 Å². The summed E-state index contributed by atoms with van der Waals surface area (Å²) in [5.41, 5.74) is 0. The first-order valence-corrected chi connectivity index (χ1v) is 3.18. The Hall–Kier alpha value is 0.310. The Balaban J connectivity index is 2.83.